The molecule has 1 unspecified atom stereocenters. The SMILES string of the molecule is CN(C)CC1CN(C(=O)c2n[nH]c3c2CCC3)c2ccccc2O1. The van der Waals surface area contributed by atoms with Gasteiger partial charge in [-0.3, -0.25) is 14.8 Å². The number of para-hydroxylation sites is 2. The monoisotopic (exact) mass is 326 g/mol. The van der Waals surface area contributed by atoms with E-state index in [-0.39, 0.29) is 12.0 Å². The highest BCUT2D eigenvalue weighted by atomic mass is 16.5. The highest BCUT2D eigenvalue weighted by Crippen LogP contribution is 2.35. The molecular weight excluding hydrogens is 304 g/mol. The fraction of sp³-hybridized carbons (Fsp3) is 0.444. The van der Waals surface area contributed by atoms with Crippen LogP contribution in [0.5, 0.6) is 5.75 Å². The number of benzene rings is 1. The summed E-state index contributed by atoms with van der Waals surface area (Å²) < 4.78 is 6.07. The molecule has 0 radical (unpaired) electrons. The summed E-state index contributed by atoms with van der Waals surface area (Å²) in [5, 5.41) is 7.34. The zero-order chi connectivity index (χ0) is 16.7. The molecular formula is C18H22N4O2. The summed E-state index contributed by atoms with van der Waals surface area (Å²) in [7, 11) is 4.02. The first-order chi connectivity index (χ1) is 11.6. The van der Waals surface area contributed by atoms with Gasteiger partial charge in [0.05, 0.1) is 12.2 Å². The van der Waals surface area contributed by atoms with Gasteiger partial charge >= 0.3 is 0 Å². The van der Waals surface area contributed by atoms with Crippen molar-refractivity contribution in [2.24, 2.45) is 0 Å². The standard InChI is InChI=1S/C18H22N4O2/c1-21(2)10-12-11-22(15-8-3-4-9-16(15)24-12)18(23)17-13-6-5-7-14(13)19-20-17/h3-4,8-9,12H,5-7,10-11H2,1-2H3,(H,19,20). The smallest absolute Gasteiger partial charge is 0.279 e. The summed E-state index contributed by atoms with van der Waals surface area (Å²) in [4.78, 5) is 17.1. The molecule has 0 saturated heterocycles. The van der Waals surface area contributed by atoms with Gasteiger partial charge < -0.3 is 9.64 Å². The van der Waals surface area contributed by atoms with E-state index in [0.29, 0.717) is 12.2 Å². The Balaban J connectivity index is 1.68. The maximum atomic E-state index is 13.2. The number of hydrogen-bond acceptors (Lipinski definition) is 4. The van der Waals surface area contributed by atoms with E-state index >= 15 is 0 Å². The van der Waals surface area contributed by atoms with Crippen molar-refractivity contribution in [2.75, 3.05) is 32.1 Å². The van der Waals surface area contributed by atoms with Crippen molar-refractivity contribution in [3.63, 3.8) is 0 Å². The Bertz CT molecular complexity index is 768. The maximum Gasteiger partial charge on any atom is 0.279 e. The molecule has 1 amide bonds. The van der Waals surface area contributed by atoms with Gasteiger partial charge in [0.15, 0.2) is 5.69 Å². The summed E-state index contributed by atoms with van der Waals surface area (Å²) >= 11 is 0. The molecule has 0 saturated carbocycles. The van der Waals surface area contributed by atoms with Crippen LogP contribution in [0.15, 0.2) is 24.3 Å². The van der Waals surface area contributed by atoms with Crippen molar-refractivity contribution in [1.82, 2.24) is 15.1 Å². The van der Waals surface area contributed by atoms with Crippen LogP contribution in [-0.2, 0) is 12.8 Å². The highest BCUT2D eigenvalue weighted by molar-refractivity contribution is 6.07. The third-order valence-corrected chi connectivity index (χ3v) is 4.66. The Hall–Kier alpha value is -2.34. The number of carbonyl (C=O) groups excluding carboxylic acids is 1. The molecule has 24 heavy (non-hydrogen) atoms. The number of nitrogens with one attached hydrogen (secondary N) is 1. The second-order valence-electron chi connectivity index (χ2n) is 6.77. The number of aromatic nitrogens is 2. The molecule has 1 aromatic carbocycles. The predicted molar refractivity (Wildman–Crippen MR) is 91.7 cm³/mol. The molecule has 1 aromatic heterocycles. The van der Waals surface area contributed by atoms with Gasteiger partial charge in [-0.15, -0.1) is 0 Å². The number of fused-ring (bicyclic) bond motifs is 2. The fourth-order valence-electron chi connectivity index (χ4n) is 3.62. The minimum atomic E-state index is -0.0501. The van der Waals surface area contributed by atoms with Gasteiger partial charge in [0.25, 0.3) is 5.91 Å². The second-order valence-corrected chi connectivity index (χ2v) is 6.77. The molecule has 6 nitrogen and oxygen atoms in total. The molecule has 6 heteroatoms. The lowest BCUT2D eigenvalue weighted by Gasteiger charge is -2.35. The number of ether oxygens (including phenoxy) is 1. The molecule has 2 heterocycles. The Morgan fingerprint density at radius 1 is 1.38 bits per heavy atom. The van der Waals surface area contributed by atoms with Gasteiger partial charge in [0, 0.05) is 17.8 Å². The van der Waals surface area contributed by atoms with Crippen molar-refractivity contribution < 1.29 is 9.53 Å². The van der Waals surface area contributed by atoms with Crippen LogP contribution in [0.25, 0.3) is 0 Å². The van der Waals surface area contributed by atoms with Crippen molar-refractivity contribution in [3.05, 3.63) is 41.2 Å². The third kappa shape index (κ3) is 2.57. The zero-order valence-electron chi connectivity index (χ0n) is 14.1. The Morgan fingerprint density at radius 2 is 2.21 bits per heavy atom. The van der Waals surface area contributed by atoms with E-state index in [1.54, 1.807) is 0 Å². The van der Waals surface area contributed by atoms with Crippen LogP contribution in [0.2, 0.25) is 0 Å². The largest absolute Gasteiger partial charge is 0.485 e. The lowest BCUT2D eigenvalue weighted by molar-refractivity contribution is 0.0935. The van der Waals surface area contributed by atoms with Crippen LogP contribution >= 0.6 is 0 Å². The lowest BCUT2D eigenvalue weighted by Crippen LogP contribution is -2.47. The van der Waals surface area contributed by atoms with E-state index in [4.69, 9.17) is 4.74 Å². The number of likely N-dealkylation sites (N-methyl/N-ethyl adjacent to an activating group) is 1. The normalized spacial score (nSPS) is 19.1. The van der Waals surface area contributed by atoms with Gasteiger partial charge in [-0.2, -0.15) is 5.10 Å². The van der Waals surface area contributed by atoms with Crippen LogP contribution in [0.3, 0.4) is 0 Å². The molecule has 1 atom stereocenters. The maximum absolute atomic E-state index is 13.2. The first kappa shape index (κ1) is 15.2. The number of amides is 1. The number of aryl methyl sites for hydroxylation is 1. The first-order valence-electron chi connectivity index (χ1n) is 8.42. The van der Waals surface area contributed by atoms with Crippen LogP contribution in [-0.4, -0.2) is 54.3 Å². The van der Waals surface area contributed by atoms with Crippen LogP contribution < -0.4 is 9.64 Å². The highest BCUT2D eigenvalue weighted by Gasteiger charge is 2.33. The number of anilines is 1. The van der Waals surface area contributed by atoms with E-state index in [2.05, 4.69) is 15.1 Å². The number of H-pyrrole nitrogens is 1. The molecule has 1 aliphatic heterocycles. The number of rotatable bonds is 3. The number of aromatic amines is 1. The summed E-state index contributed by atoms with van der Waals surface area (Å²) in [6.45, 7) is 1.30. The number of hydrogen-bond donors (Lipinski definition) is 1. The third-order valence-electron chi connectivity index (χ3n) is 4.66. The second kappa shape index (κ2) is 5.94. The Kier molecular flexibility index (Phi) is 3.76. The average Bonchev–Trinajstić information content (AvgIpc) is 3.16. The molecule has 0 spiro atoms. The van der Waals surface area contributed by atoms with Crippen molar-refractivity contribution in [1.29, 1.82) is 0 Å². The van der Waals surface area contributed by atoms with Crippen molar-refractivity contribution in [2.45, 2.75) is 25.4 Å². The molecule has 0 fully saturated rings. The number of carbonyl (C=O) groups is 1. The van der Waals surface area contributed by atoms with E-state index in [0.717, 1.165) is 48.5 Å². The Labute approximate surface area is 141 Å². The van der Waals surface area contributed by atoms with E-state index in [1.165, 1.54) is 0 Å². The summed E-state index contributed by atoms with van der Waals surface area (Å²) in [6, 6.07) is 7.73. The zero-order valence-corrected chi connectivity index (χ0v) is 14.1. The van der Waals surface area contributed by atoms with E-state index in [1.807, 2.05) is 43.3 Å². The first-order valence-corrected chi connectivity index (χ1v) is 8.42. The van der Waals surface area contributed by atoms with Crippen LogP contribution in [0.1, 0.15) is 28.2 Å². The average molecular weight is 326 g/mol. The minimum Gasteiger partial charge on any atom is -0.485 e. The molecule has 1 aliphatic carbocycles. The fourth-order valence-corrected chi connectivity index (χ4v) is 3.62. The van der Waals surface area contributed by atoms with Gasteiger partial charge in [0.1, 0.15) is 11.9 Å². The molecule has 4 rings (SSSR count). The molecule has 126 valence electrons. The molecule has 0 bridgehead atoms. The van der Waals surface area contributed by atoms with E-state index in [9.17, 15) is 4.79 Å². The minimum absolute atomic E-state index is 0.0334. The van der Waals surface area contributed by atoms with E-state index < -0.39 is 0 Å². The van der Waals surface area contributed by atoms with Crippen LogP contribution in [0.4, 0.5) is 5.69 Å². The van der Waals surface area contributed by atoms with Gasteiger partial charge in [-0.25, -0.2) is 0 Å². The topological polar surface area (TPSA) is 61.5 Å². The molecule has 2 aliphatic rings. The Morgan fingerprint density at radius 3 is 3.04 bits per heavy atom. The predicted octanol–water partition coefficient (Wildman–Crippen LogP) is 1.87. The van der Waals surface area contributed by atoms with Crippen molar-refractivity contribution in [3.8, 4) is 5.75 Å². The van der Waals surface area contributed by atoms with Crippen LogP contribution in [0, 0.1) is 0 Å². The quantitative estimate of drug-likeness (QED) is 0.935. The summed E-state index contributed by atoms with van der Waals surface area (Å²) in [6.07, 6.45) is 2.96. The van der Waals surface area contributed by atoms with Gasteiger partial charge in [0.2, 0.25) is 0 Å². The molecule has 1 N–H and O–H groups in total. The van der Waals surface area contributed by atoms with Gasteiger partial charge in [-0.1, -0.05) is 12.1 Å². The lowest BCUT2D eigenvalue weighted by atomic mass is 10.1. The van der Waals surface area contributed by atoms with Crippen molar-refractivity contribution >= 4 is 11.6 Å². The van der Waals surface area contributed by atoms with Gasteiger partial charge in [-0.05, 0) is 45.5 Å². The summed E-state index contributed by atoms with van der Waals surface area (Å²) in [5.74, 6) is 0.727. The number of nitrogens with zero attached hydrogens (tertiary/aromatic N) is 3. The summed E-state index contributed by atoms with van der Waals surface area (Å²) in [5.41, 5.74) is 3.60. The molecule has 2 aromatic rings.